The molecule has 0 saturated heterocycles. The minimum absolute atomic E-state index is 0.0232. The molecular formula is C23H21FN6O2S. The Labute approximate surface area is 193 Å². The molecule has 1 fully saturated rings. The third-order valence-electron chi connectivity index (χ3n) is 5.52. The first-order valence-electron chi connectivity index (χ1n) is 10.6. The van der Waals surface area contributed by atoms with Crippen LogP contribution in [-0.2, 0) is 0 Å². The van der Waals surface area contributed by atoms with Crippen molar-refractivity contribution in [1.29, 1.82) is 0 Å². The van der Waals surface area contributed by atoms with E-state index < -0.39 is 0 Å². The SMILES string of the molecule is CCOc1ccc(C(=O)NC2CC(c3nnc(-c4nccs4)n3-c3ccccc3F)C2)nc1. The maximum Gasteiger partial charge on any atom is 0.270 e. The van der Waals surface area contributed by atoms with Crippen LogP contribution in [0.5, 0.6) is 5.75 Å². The number of halogens is 1. The van der Waals surface area contributed by atoms with Crippen LogP contribution in [0.2, 0.25) is 0 Å². The Hall–Kier alpha value is -3.66. The zero-order valence-electron chi connectivity index (χ0n) is 17.8. The van der Waals surface area contributed by atoms with E-state index in [0.717, 1.165) is 0 Å². The fourth-order valence-electron chi connectivity index (χ4n) is 3.88. The van der Waals surface area contributed by atoms with Crippen LogP contribution in [0.4, 0.5) is 4.39 Å². The minimum atomic E-state index is -0.359. The Morgan fingerprint density at radius 1 is 1.21 bits per heavy atom. The van der Waals surface area contributed by atoms with Crippen molar-refractivity contribution < 1.29 is 13.9 Å². The monoisotopic (exact) mass is 464 g/mol. The van der Waals surface area contributed by atoms with Crippen LogP contribution >= 0.6 is 11.3 Å². The number of para-hydroxylation sites is 1. The molecule has 1 saturated carbocycles. The zero-order valence-corrected chi connectivity index (χ0v) is 18.6. The highest BCUT2D eigenvalue weighted by atomic mass is 32.1. The van der Waals surface area contributed by atoms with Crippen molar-refractivity contribution in [2.24, 2.45) is 0 Å². The summed E-state index contributed by atoms with van der Waals surface area (Å²) in [7, 11) is 0. The van der Waals surface area contributed by atoms with Gasteiger partial charge < -0.3 is 10.1 Å². The Balaban J connectivity index is 1.32. The number of benzene rings is 1. The van der Waals surface area contributed by atoms with Crippen LogP contribution in [-0.4, -0.2) is 43.3 Å². The normalized spacial score (nSPS) is 17.4. The van der Waals surface area contributed by atoms with E-state index in [1.807, 2.05) is 12.3 Å². The second kappa shape index (κ2) is 9.07. The predicted octanol–water partition coefficient (Wildman–Crippen LogP) is 4.00. The third-order valence-corrected chi connectivity index (χ3v) is 6.29. The summed E-state index contributed by atoms with van der Waals surface area (Å²) < 4.78 is 21.8. The fourth-order valence-corrected chi connectivity index (χ4v) is 4.49. The van der Waals surface area contributed by atoms with Crippen molar-refractivity contribution in [3.63, 3.8) is 0 Å². The molecule has 1 N–H and O–H groups in total. The van der Waals surface area contributed by atoms with Crippen molar-refractivity contribution in [1.82, 2.24) is 30.0 Å². The van der Waals surface area contributed by atoms with Crippen LogP contribution in [0.25, 0.3) is 16.5 Å². The van der Waals surface area contributed by atoms with Gasteiger partial charge in [-0.3, -0.25) is 9.36 Å². The zero-order chi connectivity index (χ0) is 22.8. The average molecular weight is 465 g/mol. The van der Waals surface area contributed by atoms with E-state index in [-0.39, 0.29) is 23.7 Å². The molecule has 0 radical (unpaired) electrons. The van der Waals surface area contributed by atoms with Crippen molar-refractivity contribution >= 4 is 17.2 Å². The van der Waals surface area contributed by atoms with Gasteiger partial charge in [-0.2, -0.15) is 0 Å². The van der Waals surface area contributed by atoms with Crippen molar-refractivity contribution in [2.45, 2.75) is 31.7 Å². The molecule has 3 aromatic heterocycles. The molecule has 0 aliphatic heterocycles. The number of nitrogens with one attached hydrogen (secondary N) is 1. The summed E-state index contributed by atoms with van der Waals surface area (Å²) in [5.41, 5.74) is 0.719. The van der Waals surface area contributed by atoms with E-state index in [4.69, 9.17) is 4.74 Å². The Bertz CT molecular complexity index is 1250. The lowest BCUT2D eigenvalue weighted by molar-refractivity contribution is 0.0902. The number of rotatable bonds is 7. The second-order valence-corrected chi connectivity index (χ2v) is 8.55. The van der Waals surface area contributed by atoms with Gasteiger partial charge in [-0.1, -0.05) is 12.1 Å². The third kappa shape index (κ3) is 4.21. The molecular weight excluding hydrogens is 443 g/mol. The molecule has 5 rings (SSSR count). The molecule has 8 nitrogen and oxygen atoms in total. The molecule has 1 aliphatic rings. The molecule has 168 valence electrons. The van der Waals surface area contributed by atoms with Crippen LogP contribution < -0.4 is 10.1 Å². The number of carbonyl (C=O) groups is 1. The number of aromatic nitrogens is 5. The highest BCUT2D eigenvalue weighted by Gasteiger charge is 2.36. The summed E-state index contributed by atoms with van der Waals surface area (Å²) in [4.78, 5) is 21.0. The Kier molecular flexibility index (Phi) is 5.82. The Morgan fingerprint density at radius 2 is 2.06 bits per heavy atom. The lowest BCUT2D eigenvalue weighted by atomic mass is 9.79. The molecule has 10 heteroatoms. The quantitative estimate of drug-likeness (QED) is 0.444. The first-order valence-corrected chi connectivity index (χ1v) is 11.5. The number of carbonyl (C=O) groups excluding carboxylic acids is 1. The van der Waals surface area contributed by atoms with Gasteiger partial charge in [0, 0.05) is 23.5 Å². The lowest BCUT2D eigenvalue weighted by Gasteiger charge is -2.35. The maximum absolute atomic E-state index is 14.7. The topological polar surface area (TPSA) is 94.8 Å². The number of hydrogen-bond donors (Lipinski definition) is 1. The molecule has 0 atom stereocenters. The molecule has 0 bridgehead atoms. The molecule has 33 heavy (non-hydrogen) atoms. The average Bonchev–Trinajstić information content (AvgIpc) is 3.47. The molecule has 0 spiro atoms. The highest BCUT2D eigenvalue weighted by molar-refractivity contribution is 7.13. The van der Waals surface area contributed by atoms with Gasteiger partial charge in [-0.25, -0.2) is 14.4 Å². The standard InChI is InChI=1S/C23H21FN6O2S/c1-2-32-16-7-8-18(26-13-16)22(31)27-15-11-14(12-15)20-28-29-21(23-25-9-10-33-23)30(20)19-6-4-3-5-17(19)24/h3-10,13-15H,2,11-12H2,1H3,(H,27,31). The van der Waals surface area contributed by atoms with Gasteiger partial charge in [0.25, 0.3) is 5.91 Å². The van der Waals surface area contributed by atoms with Gasteiger partial charge in [0.05, 0.1) is 18.5 Å². The van der Waals surface area contributed by atoms with Crippen molar-refractivity contribution in [3.05, 3.63) is 71.5 Å². The van der Waals surface area contributed by atoms with E-state index in [0.29, 0.717) is 53.2 Å². The number of hydrogen-bond acceptors (Lipinski definition) is 7. The Morgan fingerprint density at radius 3 is 2.76 bits per heavy atom. The minimum Gasteiger partial charge on any atom is -0.492 e. The number of thiazole rings is 1. The van der Waals surface area contributed by atoms with E-state index in [1.54, 1.807) is 47.3 Å². The van der Waals surface area contributed by atoms with Crippen LogP contribution in [0.3, 0.4) is 0 Å². The molecule has 1 aliphatic carbocycles. The summed E-state index contributed by atoms with van der Waals surface area (Å²) in [6.07, 6.45) is 4.57. The molecule has 1 aromatic carbocycles. The number of ether oxygens (including phenoxy) is 1. The molecule has 1 amide bonds. The van der Waals surface area contributed by atoms with E-state index in [2.05, 4.69) is 25.5 Å². The smallest absolute Gasteiger partial charge is 0.270 e. The van der Waals surface area contributed by atoms with Gasteiger partial charge in [0.15, 0.2) is 10.8 Å². The van der Waals surface area contributed by atoms with Crippen LogP contribution in [0.1, 0.15) is 42.0 Å². The summed E-state index contributed by atoms with van der Waals surface area (Å²) in [5, 5.41) is 14.2. The predicted molar refractivity (Wildman–Crippen MR) is 121 cm³/mol. The first kappa shape index (κ1) is 21.2. The maximum atomic E-state index is 14.7. The van der Waals surface area contributed by atoms with Crippen molar-refractivity contribution in [2.75, 3.05) is 6.61 Å². The van der Waals surface area contributed by atoms with Gasteiger partial charge in [0.2, 0.25) is 0 Å². The van der Waals surface area contributed by atoms with E-state index >= 15 is 0 Å². The van der Waals surface area contributed by atoms with Crippen LogP contribution in [0.15, 0.2) is 54.2 Å². The van der Waals surface area contributed by atoms with E-state index in [1.165, 1.54) is 17.4 Å². The van der Waals surface area contributed by atoms with E-state index in [9.17, 15) is 9.18 Å². The van der Waals surface area contributed by atoms with Gasteiger partial charge >= 0.3 is 0 Å². The highest BCUT2D eigenvalue weighted by Crippen LogP contribution is 2.39. The second-order valence-electron chi connectivity index (χ2n) is 7.66. The molecule has 3 heterocycles. The van der Waals surface area contributed by atoms with Gasteiger partial charge in [-0.05, 0) is 44.0 Å². The molecule has 4 aromatic rings. The molecule has 0 unspecified atom stereocenters. The first-order chi connectivity index (χ1) is 16.1. The largest absolute Gasteiger partial charge is 0.492 e. The summed E-state index contributed by atoms with van der Waals surface area (Å²) in [6, 6.07) is 9.90. The fraction of sp³-hybridized carbons (Fsp3) is 0.261. The van der Waals surface area contributed by atoms with Crippen LogP contribution in [0, 0.1) is 5.82 Å². The van der Waals surface area contributed by atoms with Gasteiger partial charge in [0.1, 0.15) is 23.1 Å². The number of pyridine rings is 1. The lowest BCUT2D eigenvalue weighted by Crippen LogP contribution is -2.44. The summed E-state index contributed by atoms with van der Waals surface area (Å²) in [6.45, 7) is 2.43. The number of amides is 1. The summed E-state index contributed by atoms with van der Waals surface area (Å²) >= 11 is 1.42. The van der Waals surface area contributed by atoms with Gasteiger partial charge in [-0.15, -0.1) is 21.5 Å². The number of nitrogens with zero attached hydrogens (tertiary/aromatic N) is 5. The van der Waals surface area contributed by atoms with Crippen molar-refractivity contribution in [3.8, 4) is 22.3 Å². The summed E-state index contributed by atoms with van der Waals surface area (Å²) in [5.74, 6) is 1.24.